The van der Waals surface area contributed by atoms with Crippen molar-refractivity contribution in [2.24, 2.45) is 5.92 Å². The smallest absolute Gasteiger partial charge is 0.166 e. The second-order valence-corrected chi connectivity index (χ2v) is 5.43. The molecule has 2 nitrogen and oxygen atoms in total. The van der Waals surface area contributed by atoms with Gasteiger partial charge in [-0.2, -0.15) is 0 Å². The Bertz CT molecular complexity index is 218. The molecule has 2 saturated carbocycles. The lowest BCUT2D eigenvalue weighted by atomic mass is 9.85. The molecule has 0 aliphatic heterocycles. The maximum absolute atomic E-state index is 5.29. The molecule has 2 aliphatic carbocycles. The van der Waals surface area contributed by atoms with Gasteiger partial charge in [0.15, 0.2) is 5.11 Å². The molecule has 0 saturated heterocycles. The van der Waals surface area contributed by atoms with Crippen molar-refractivity contribution >= 4 is 17.3 Å². The van der Waals surface area contributed by atoms with Crippen molar-refractivity contribution < 1.29 is 0 Å². The van der Waals surface area contributed by atoms with Gasteiger partial charge < -0.3 is 10.6 Å². The molecule has 0 radical (unpaired) electrons. The van der Waals surface area contributed by atoms with Crippen molar-refractivity contribution in [2.45, 2.75) is 64.0 Å². The third-order valence-electron chi connectivity index (χ3n) is 3.67. The van der Waals surface area contributed by atoms with E-state index in [0.29, 0.717) is 12.1 Å². The zero-order valence-corrected chi connectivity index (χ0v) is 10.4. The molecule has 0 heterocycles. The summed E-state index contributed by atoms with van der Waals surface area (Å²) in [4.78, 5) is 0. The lowest BCUT2D eigenvalue weighted by molar-refractivity contribution is 0.305. The van der Waals surface area contributed by atoms with Crippen LogP contribution in [0.1, 0.15) is 51.9 Å². The summed E-state index contributed by atoms with van der Waals surface area (Å²) < 4.78 is 0. The molecule has 0 aromatic heterocycles. The average Bonchev–Trinajstić information content (AvgIpc) is 3.03. The van der Waals surface area contributed by atoms with Gasteiger partial charge in [-0.1, -0.05) is 13.3 Å². The van der Waals surface area contributed by atoms with Crippen LogP contribution >= 0.6 is 12.2 Å². The van der Waals surface area contributed by atoms with Crippen LogP contribution in [0.15, 0.2) is 0 Å². The van der Waals surface area contributed by atoms with Crippen molar-refractivity contribution in [1.29, 1.82) is 0 Å². The summed E-state index contributed by atoms with van der Waals surface area (Å²) in [7, 11) is 0. The highest BCUT2D eigenvalue weighted by Gasteiger charge is 2.24. The zero-order chi connectivity index (χ0) is 10.7. The summed E-state index contributed by atoms with van der Waals surface area (Å²) in [6.45, 7) is 2.30. The molecule has 2 N–H and O–H groups in total. The van der Waals surface area contributed by atoms with Crippen molar-refractivity contribution in [1.82, 2.24) is 10.6 Å². The average molecular weight is 226 g/mol. The first-order valence-corrected chi connectivity index (χ1v) is 6.75. The Labute approximate surface area is 98.2 Å². The molecular formula is C12H22N2S. The van der Waals surface area contributed by atoms with E-state index < -0.39 is 0 Å². The minimum Gasteiger partial charge on any atom is -0.360 e. The van der Waals surface area contributed by atoms with Crippen LogP contribution in [0, 0.1) is 5.92 Å². The van der Waals surface area contributed by atoms with Gasteiger partial charge in [-0.05, 0) is 56.7 Å². The van der Waals surface area contributed by atoms with E-state index in [4.69, 9.17) is 12.2 Å². The summed E-state index contributed by atoms with van der Waals surface area (Å²) in [5.74, 6) is 0.966. The Morgan fingerprint density at radius 3 is 1.87 bits per heavy atom. The van der Waals surface area contributed by atoms with Crippen LogP contribution in [-0.2, 0) is 0 Å². The molecular weight excluding hydrogens is 204 g/mol. The quantitative estimate of drug-likeness (QED) is 0.723. The Morgan fingerprint density at radius 2 is 1.47 bits per heavy atom. The third-order valence-corrected chi connectivity index (χ3v) is 3.91. The molecule has 0 amide bonds. The molecule has 0 spiro atoms. The Balaban J connectivity index is 1.64. The van der Waals surface area contributed by atoms with Crippen LogP contribution in [-0.4, -0.2) is 17.2 Å². The highest BCUT2D eigenvalue weighted by molar-refractivity contribution is 7.80. The van der Waals surface area contributed by atoms with E-state index in [1.54, 1.807) is 0 Å². The molecule has 0 aromatic rings. The monoisotopic (exact) mass is 226 g/mol. The van der Waals surface area contributed by atoms with Gasteiger partial charge in [0, 0.05) is 12.1 Å². The van der Waals surface area contributed by atoms with Crippen molar-refractivity contribution in [3.63, 3.8) is 0 Å². The van der Waals surface area contributed by atoms with Crippen LogP contribution in [0.5, 0.6) is 0 Å². The van der Waals surface area contributed by atoms with E-state index in [-0.39, 0.29) is 0 Å². The zero-order valence-electron chi connectivity index (χ0n) is 9.59. The van der Waals surface area contributed by atoms with Crippen LogP contribution in [0.25, 0.3) is 0 Å². The van der Waals surface area contributed by atoms with Gasteiger partial charge in [-0.25, -0.2) is 0 Å². The largest absolute Gasteiger partial charge is 0.360 e. The van der Waals surface area contributed by atoms with E-state index in [1.807, 2.05) is 0 Å². The Morgan fingerprint density at radius 1 is 1.00 bits per heavy atom. The van der Waals surface area contributed by atoms with Crippen LogP contribution in [0.4, 0.5) is 0 Å². The van der Waals surface area contributed by atoms with Gasteiger partial charge in [0.2, 0.25) is 0 Å². The van der Waals surface area contributed by atoms with Gasteiger partial charge in [-0.3, -0.25) is 0 Å². The molecule has 0 aromatic carbocycles. The predicted octanol–water partition coefficient (Wildman–Crippen LogP) is 2.58. The lowest BCUT2D eigenvalue weighted by Crippen LogP contribution is -2.44. The maximum atomic E-state index is 5.29. The third kappa shape index (κ3) is 3.63. The summed E-state index contributed by atoms with van der Waals surface area (Å²) in [6, 6.07) is 1.31. The van der Waals surface area contributed by atoms with Gasteiger partial charge in [0.25, 0.3) is 0 Å². The maximum Gasteiger partial charge on any atom is 0.166 e. The highest BCUT2D eigenvalue weighted by atomic mass is 32.1. The number of hydrogen-bond donors (Lipinski definition) is 2. The van der Waals surface area contributed by atoms with Gasteiger partial charge >= 0.3 is 0 Å². The van der Waals surface area contributed by atoms with Crippen LogP contribution in [0.2, 0.25) is 0 Å². The second kappa shape index (κ2) is 5.15. The van der Waals surface area contributed by atoms with E-state index in [0.717, 1.165) is 11.0 Å². The van der Waals surface area contributed by atoms with Crippen LogP contribution in [0.3, 0.4) is 0 Å². The van der Waals surface area contributed by atoms with E-state index >= 15 is 0 Å². The van der Waals surface area contributed by atoms with E-state index in [2.05, 4.69) is 17.6 Å². The number of rotatable bonds is 3. The van der Waals surface area contributed by atoms with Gasteiger partial charge in [-0.15, -0.1) is 0 Å². The summed E-state index contributed by atoms with van der Waals surface area (Å²) in [6.07, 6.45) is 9.28. The molecule has 15 heavy (non-hydrogen) atoms. The molecule has 2 fully saturated rings. The minimum absolute atomic E-state index is 0.631. The van der Waals surface area contributed by atoms with Crippen molar-refractivity contribution in [3.8, 4) is 0 Å². The number of hydrogen-bond acceptors (Lipinski definition) is 1. The van der Waals surface area contributed by atoms with Gasteiger partial charge in [0.1, 0.15) is 0 Å². The molecule has 0 unspecified atom stereocenters. The van der Waals surface area contributed by atoms with Crippen molar-refractivity contribution in [2.75, 3.05) is 0 Å². The summed E-state index contributed by atoms with van der Waals surface area (Å²) in [5.41, 5.74) is 0. The summed E-state index contributed by atoms with van der Waals surface area (Å²) >= 11 is 5.29. The van der Waals surface area contributed by atoms with Crippen molar-refractivity contribution in [3.05, 3.63) is 0 Å². The fourth-order valence-corrected chi connectivity index (χ4v) is 2.69. The fourth-order valence-electron chi connectivity index (χ4n) is 2.36. The predicted molar refractivity (Wildman–Crippen MR) is 67.9 cm³/mol. The highest BCUT2D eigenvalue weighted by Crippen LogP contribution is 2.26. The summed E-state index contributed by atoms with van der Waals surface area (Å²) in [5, 5.41) is 7.69. The first-order valence-electron chi connectivity index (χ1n) is 6.35. The molecule has 2 rings (SSSR count). The van der Waals surface area contributed by atoms with Crippen LogP contribution < -0.4 is 10.6 Å². The first kappa shape index (κ1) is 11.2. The fraction of sp³-hybridized carbons (Fsp3) is 0.917. The topological polar surface area (TPSA) is 24.1 Å². The number of nitrogens with one attached hydrogen (secondary N) is 2. The molecule has 0 atom stereocenters. The Hall–Kier alpha value is -0.310. The SMILES string of the molecule is CCC1CCC(NC(=S)NC2CC2)CC1. The second-order valence-electron chi connectivity index (χ2n) is 5.02. The normalized spacial score (nSPS) is 31.0. The van der Waals surface area contributed by atoms with E-state index in [9.17, 15) is 0 Å². The molecule has 0 bridgehead atoms. The molecule has 86 valence electrons. The minimum atomic E-state index is 0.631. The first-order chi connectivity index (χ1) is 7.28. The molecule has 3 heteroatoms. The Kier molecular flexibility index (Phi) is 3.84. The van der Waals surface area contributed by atoms with Gasteiger partial charge in [0.05, 0.1) is 0 Å². The standard InChI is InChI=1S/C12H22N2S/c1-2-9-3-5-10(6-4-9)13-12(15)14-11-7-8-11/h9-11H,2-8H2,1H3,(H2,13,14,15). The van der Waals surface area contributed by atoms with E-state index in [1.165, 1.54) is 44.9 Å². The molecule has 2 aliphatic rings. The lowest BCUT2D eigenvalue weighted by Gasteiger charge is -2.29. The number of thiocarbonyl (C=S) groups is 1.